The first-order chi connectivity index (χ1) is 28.5. The number of allylic oxidation sites excluding steroid dienone is 12. The Bertz CT molecular complexity index is 1110. The lowest BCUT2D eigenvalue weighted by Gasteiger charge is -2.18. The van der Waals surface area contributed by atoms with Crippen LogP contribution in [0, 0.1) is 0 Å². The molecule has 0 bridgehead atoms. The minimum atomic E-state index is -0.790. The number of ether oxygens (including phenoxy) is 3. The molecule has 0 spiro atoms. The van der Waals surface area contributed by atoms with Crippen LogP contribution in [0.4, 0.5) is 0 Å². The average molecular weight is 809 g/mol. The van der Waals surface area contributed by atoms with E-state index in [0.717, 1.165) is 116 Å². The first-order valence-electron chi connectivity index (χ1n) is 23.9. The van der Waals surface area contributed by atoms with E-state index < -0.39 is 6.10 Å². The van der Waals surface area contributed by atoms with Gasteiger partial charge in [-0.3, -0.25) is 14.4 Å². The van der Waals surface area contributed by atoms with E-state index in [9.17, 15) is 14.4 Å². The quantitative estimate of drug-likeness (QED) is 0.0264. The highest BCUT2D eigenvalue weighted by Crippen LogP contribution is 2.13. The number of carbonyl (C=O) groups is 3. The molecule has 0 aromatic carbocycles. The Morgan fingerprint density at radius 1 is 0.362 bits per heavy atom. The van der Waals surface area contributed by atoms with Gasteiger partial charge < -0.3 is 14.2 Å². The number of unbranched alkanes of at least 4 members (excludes halogenated alkanes) is 19. The maximum Gasteiger partial charge on any atom is 0.306 e. The van der Waals surface area contributed by atoms with Gasteiger partial charge in [0, 0.05) is 19.3 Å². The summed E-state index contributed by atoms with van der Waals surface area (Å²) in [5.41, 5.74) is 0. The molecule has 0 saturated heterocycles. The molecule has 0 saturated carbocycles. The Kier molecular flexibility index (Phi) is 44.0. The Morgan fingerprint density at radius 2 is 0.672 bits per heavy atom. The fourth-order valence-electron chi connectivity index (χ4n) is 6.37. The van der Waals surface area contributed by atoms with Gasteiger partial charge in [-0.1, -0.05) is 171 Å². The number of hydrogen-bond donors (Lipinski definition) is 0. The Morgan fingerprint density at radius 3 is 1.07 bits per heavy atom. The third-order valence-corrected chi connectivity index (χ3v) is 9.93. The van der Waals surface area contributed by atoms with Crippen molar-refractivity contribution in [1.82, 2.24) is 0 Å². The van der Waals surface area contributed by atoms with Crippen LogP contribution in [0.1, 0.15) is 220 Å². The van der Waals surface area contributed by atoms with E-state index in [2.05, 4.69) is 93.7 Å². The van der Waals surface area contributed by atoms with E-state index in [-0.39, 0.29) is 31.1 Å². The zero-order valence-electron chi connectivity index (χ0n) is 37.8. The van der Waals surface area contributed by atoms with Crippen molar-refractivity contribution in [2.45, 2.75) is 226 Å². The van der Waals surface area contributed by atoms with Gasteiger partial charge in [-0.25, -0.2) is 0 Å². The molecule has 332 valence electrons. The molecule has 0 aliphatic rings. The second kappa shape index (κ2) is 46.5. The highest BCUT2D eigenvalue weighted by atomic mass is 16.6. The van der Waals surface area contributed by atoms with Crippen LogP contribution in [0.5, 0.6) is 0 Å². The molecule has 6 nitrogen and oxygen atoms in total. The fraction of sp³-hybridized carbons (Fsp3) is 0.712. The van der Waals surface area contributed by atoms with Gasteiger partial charge in [-0.2, -0.15) is 0 Å². The molecule has 0 N–H and O–H groups in total. The van der Waals surface area contributed by atoms with Crippen molar-refractivity contribution < 1.29 is 28.6 Å². The largest absolute Gasteiger partial charge is 0.462 e. The summed E-state index contributed by atoms with van der Waals surface area (Å²) in [6.45, 7) is 6.35. The first-order valence-corrected chi connectivity index (χ1v) is 23.9. The van der Waals surface area contributed by atoms with Gasteiger partial charge in [0.05, 0.1) is 0 Å². The maximum atomic E-state index is 12.7. The standard InChI is InChI=1S/C52H88O6/c1-4-7-10-13-16-19-22-25-27-30-33-36-39-42-45-51(54)57-48-49(47-56-50(53)44-41-38-35-32-29-24-21-18-15-12-9-6-3)58-52(55)46-43-40-37-34-31-28-26-23-20-17-14-11-8-5-2/h7-8,10-11,16-21,25,27,49H,4-6,9,12-15,22-24,26,28-48H2,1-3H3/b10-7-,11-8-,19-16-,20-17-,21-18-,27-25-. The van der Waals surface area contributed by atoms with Crippen LogP contribution in [0.2, 0.25) is 0 Å². The summed E-state index contributed by atoms with van der Waals surface area (Å²) in [7, 11) is 0. The highest BCUT2D eigenvalue weighted by molar-refractivity contribution is 5.71. The van der Waals surface area contributed by atoms with Crippen LogP contribution in [0.15, 0.2) is 72.9 Å². The molecule has 58 heavy (non-hydrogen) atoms. The SMILES string of the molecule is CC/C=C\C/C=C\C/C=C\CCCCCCC(=O)OCC(COC(=O)CCCCCCC/C=C\CCCCC)OC(=O)CCCCCCCCC/C=C\C/C=C\CC. The summed E-state index contributed by atoms with van der Waals surface area (Å²) in [4.78, 5) is 37.8. The lowest BCUT2D eigenvalue weighted by molar-refractivity contribution is -0.167. The second-order valence-electron chi connectivity index (χ2n) is 15.6. The lowest BCUT2D eigenvalue weighted by Crippen LogP contribution is -2.30. The van der Waals surface area contributed by atoms with Gasteiger partial charge in [0.1, 0.15) is 13.2 Å². The average Bonchev–Trinajstić information content (AvgIpc) is 3.22. The van der Waals surface area contributed by atoms with Crippen molar-refractivity contribution in [2.75, 3.05) is 13.2 Å². The molecule has 0 fully saturated rings. The monoisotopic (exact) mass is 809 g/mol. The van der Waals surface area contributed by atoms with Gasteiger partial charge >= 0.3 is 17.9 Å². The lowest BCUT2D eigenvalue weighted by atomic mass is 10.1. The number of rotatable bonds is 42. The van der Waals surface area contributed by atoms with Crippen molar-refractivity contribution in [3.8, 4) is 0 Å². The van der Waals surface area contributed by atoms with Crippen molar-refractivity contribution >= 4 is 17.9 Å². The Hall–Kier alpha value is -3.15. The smallest absolute Gasteiger partial charge is 0.306 e. The van der Waals surface area contributed by atoms with E-state index in [1.54, 1.807) is 0 Å². The normalized spacial score (nSPS) is 12.7. The highest BCUT2D eigenvalue weighted by Gasteiger charge is 2.19. The molecule has 6 heteroatoms. The van der Waals surface area contributed by atoms with Crippen LogP contribution in [0.25, 0.3) is 0 Å². The van der Waals surface area contributed by atoms with Gasteiger partial charge in [-0.15, -0.1) is 0 Å². The molecular weight excluding hydrogens is 721 g/mol. The first kappa shape index (κ1) is 54.9. The van der Waals surface area contributed by atoms with Crippen LogP contribution < -0.4 is 0 Å². The summed E-state index contributed by atoms with van der Waals surface area (Å²) in [6, 6.07) is 0. The minimum Gasteiger partial charge on any atom is -0.462 e. The van der Waals surface area contributed by atoms with Gasteiger partial charge in [0.2, 0.25) is 0 Å². The molecular formula is C52H88O6. The predicted octanol–water partition coefficient (Wildman–Crippen LogP) is 15.5. The van der Waals surface area contributed by atoms with Gasteiger partial charge in [0.25, 0.3) is 0 Å². The van der Waals surface area contributed by atoms with Crippen LogP contribution in [-0.2, 0) is 28.6 Å². The molecule has 1 unspecified atom stereocenters. The zero-order chi connectivity index (χ0) is 42.3. The number of carbonyl (C=O) groups excluding carboxylic acids is 3. The molecule has 0 aliphatic carbocycles. The number of hydrogen-bond acceptors (Lipinski definition) is 6. The molecule has 0 amide bonds. The molecule has 0 aromatic rings. The molecule has 0 aromatic heterocycles. The molecule has 0 radical (unpaired) electrons. The topological polar surface area (TPSA) is 78.9 Å². The van der Waals surface area contributed by atoms with Crippen LogP contribution >= 0.6 is 0 Å². The van der Waals surface area contributed by atoms with Gasteiger partial charge in [-0.05, 0) is 103 Å². The number of esters is 3. The van der Waals surface area contributed by atoms with E-state index in [1.807, 2.05) is 0 Å². The molecule has 1 atom stereocenters. The van der Waals surface area contributed by atoms with Crippen molar-refractivity contribution in [2.24, 2.45) is 0 Å². The summed E-state index contributed by atoms with van der Waals surface area (Å²) in [5, 5.41) is 0. The zero-order valence-corrected chi connectivity index (χ0v) is 37.8. The Labute approximate surface area is 357 Å². The van der Waals surface area contributed by atoms with Crippen LogP contribution in [-0.4, -0.2) is 37.2 Å². The third-order valence-electron chi connectivity index (χ3n) is 9.93. The molecule has 0 aliphatic heterocycles. The van der Waals surface area contributed by atoms with Crippen LogP contribution in [0.3, 0.4) is 0 Å². The van der Waals surface area contributed by atoms with Crippen molar-refractivity contribution in [1.29, 1.82) is 0 Å². The summed E-state index contributed by atoms with van der Waals surface area (Å²) >= 11 is 0. The van der Waals surface area contributed by atoms with E-state index >= 15 is 0 Å². The molecule has 0 rings (SSSR count). The van der Waals surface area contributed by atoms with E-state index in [0.29, 0.717) is 19.3 Å². The Balaban J connectivity index is 4.44. The predicted molar refractivity (Wildman–Crippen MR) is 247 cm³/mol. The summed E-state index contributed by atoms with van der Waals surface area (Å²) < 4.78 is 16.7. The minimum absolute atomic E-state index is 0.0910. The van der Waals surface area contributed by atoms with Crippen molar-refractivity contribution in [3.05, 3.63) is 72.9 Å². The van der Waals surface area contributed by atoms with E-state index in [1.165, 1.54) is 64.2 Å². The maximum absolute atomic E-state index is 12.7. The summed E-state index contributed by atoms with van der Waals surface area (Å²) in [5.74, 6) is -0.934. The fourth-order valence-corrected chi connectivity index (χ4v) is 6.37. The third kappa shape index (κ3) is 44.0. The second-order valence-corrected chi connectivity index (χ2v) is 15.6. The van der Waals surface area contributed by atoms with Crippen molar-refractivity contribution in [3.63, 3.8) is 0 Å². The molecule has 0 heterocycles. The van der Waals surface area contributed by atoms with Gasteiger partial charge in [0.15, 0.2) is 6.10 Å². The van der Waals surface area contributed by atoms with E-state index in [4.69, 9.17) is 14.2 Å². The summed E-state index contributed by atoms with van der Waals surface area (Å²) in [6.07, 6.45) is 57.4.